The molecule has 0 aliphatic carbocycles. The second kappa shape index (κ2) is 7.13. The highest BCUT2D eigenvalue weighted by Crippen LogP contribution is 2.19. The predicted octanol–water partition coefficient (Wildman–Crippen LogP) is 0.0974. The van der Waals surface area contributed by atoms with Gasteiger partial charge in [0.1, 0.15) is 5.75 Å². The van der Waals surface area contributed by atoms with Gasteiger partial charge in [-0.3, -0.25) is 14.4 Å². The molecule has 0 aliphatic rings. The number of nitrogens with zero attached hydrogens (tertiary/aromatic N) is 1. The van der Waals surface area contributed by atoms with Gasteiger partial charge in [0.25, 0.3) is 11.8 Å². The Labute approximate surface area is 115 Å². The molecule has 0 atom stereocenters. The average Bonchev–Trinajstić information content (AvgIpc) is 2.41. The Hall–Kier alpha value is -2.57. The Morgan fingerprint density at radius 2 is 1.95 bits per heavy atom. The highest BCUT2D eigenvalue weighted by Gasteiger charge is 2.17. The zero-order valence-corrected chi connectivity index (χ0v) is 11.0. The van der Waals surface area contributed by atoms with Crippen molar-refractivity contribution < 1.29 is 24.2 Å². The number of carbonyl (C=O) groups excluding carboxylic acids is 2. The van der Waals surface area contributed by atoms with Crippen LogP contribution in [0.2, 0.25) is 0 Å². The minimum atomic E-state index is -0.983. The van der Waals surface area contributed by atoms with Gasteiger partial charge in [0.15, 0.2) is 6.61 Å². The average molecular weight is 280 g/mol. The molecule has 0 bridgehead atoms. The molecule has 0 aromatic heterocycles. The number of primary amides is 1. The van der Waals surface area contributed by atoms with E-state index in [1.54, 1.807) is 18.2 Å². The summed E-state index contributed by atoms with van der Waals surface area (Å²) in [7, 11) is 1.50. The molecular weight excluding hydrogens is 264 g/mol. The van der Waals surface area contributed by atoms with Crippen molar-refractivity contribution in [3.8, 4) is 5.75 Å². The van der Waals surface area contributed by atoms with Crippen molar-refractivity contribution in [3.63, 3.8) is 0 Å². The predicted molar refractivity (Wildman–Crippen MR) is 70.3 cm³/mol. The first-order valence-corrected chi connectivity index (χ1v) is 5.89. The Bertz CT molecular complexity index is 515. The van der Waals surface area contributed by atoms with E-state index in [2.05, 4.69) is 0 Å². The van der Waals surface area contributed by atoms with Crippen LogP contribution in [0.1, 0.15) is 16.8 Å². The van der Waals surface area contributed by atoms with Gasteiger partial charge in [0.05, 0.1) is 12.0 Å². The number of ether oxygens (including phenoxy) is 1. The van der Waals surface area contributed by atoms with Crippen molar-refractivity contribution >= 4 is 17.8 Å². The lowest BCUT2D eigenvalue weighted by Gasteiger charge is -2.18. The topological polar surface area (TPSA) is 110 Å². The third kappa shape index (κ3) is 4.60. The van der Waals surface area contributed by atoms with Crippen LogP contribution < -0.4 is 10.5 Å². The fraction of sp³-hybridized carbons (Fsp3) is 0.308. The van der Waals surface area contributed by atoms with E-state index in [0.29, 0.717) is 0 Å². The van der Waals surface area contributed by atoms with Crippen LogP contribution in [0.4, 0.5) is 0 Å². The lowest BCUT2D eigenvalue weighted by Crippen LogP contribution is -2.29. The van der Waals surface area contributed by atoms with Crippen molar-refractivity contribution in [2.75, 3.05) is 20.2 Å². The molecule has 3 N–H and O–H groups in total. The number of benzene rings is 1. The SMILES string of the molecule is CN(CCC(=O)O)C(=O)c1ccccc1OCC(N)=O. The molecule has 7 heteroatoms. The molecule has 0 unspecified atom stereocenters. The van der Waals surface area contributed by atoms with Crippen molar-refractivity contribution in [3.05, 3.63) is 29.8 Å². The van der Waals surface area contributed by atoms with Crippen LogP contribution in [-0.2, 0) is 9.59 Å². The smallest absolute Gasteiger partial charge is 0.305 e. The molecule has 2 amide bonds. The molecule has 0 heterocycles. The zero-order chi connectivity index (χ0) is 15.1. The normalized spacial score (nSPS) is 9.85. The number of carboxylic acids is 1. The van der Waals surface area contributed by atoms with Crippen molar-refractivity contribution in [1.29, 1.82) is 0 Å². The third-order valence-electron chi connectivity index (χ3n) is 2.50. The van der Waals surface area contributed by atoms with Crippen molar-refractivity contribution in [2.45, 2.75) is 6.42 Å². The summed E-state index contributed by atoms with van der Waals surface area (Å²) < 4.78 is 5.16. The maximum atomic E-state index is 12.2. The molecule has 0 saturated carbocycles. The lowest BCUT2D eigenvalue weighted by molar-refractivity contribution is -0.137. The fourth-order valence-corrected chi connectivity index (χ4v) is 1.49. The number of carboxylic acid groups (broad SMARTS) is 1. The van der Waals surface area contributed by atoms with Gasteiger partial charge >= 0.3 is 5.97 Å². The van der Waals surface area contributed by atoms with Gasteiger partial charge in [0.2, 0.25) is 0 Å². The molecule has 0 saturated heterocycles. The molecule has 7 nitrogen and oxygen atoms in total. The first-order valence-electron chi connectivity index (χ1n) is 5.89. The molecular formula is C13H16N2O5. The Kier molecular flexibility index (Phi) is 5.52. The van der Waals surface area contributed by atoms with Gasteiger partial charge in [-0.25, -0.2) is 0 Å². The summed E-state index contributed by atoms with van der Waals surface area (Å²) in [6, 6.07) is 6.39. The Balaban J connectivity index is 2.81. The first-order chi connectivity index (χ1) is 9.41. The Morgan fingerprint density at radius 1 is 1.30 bits per heavy atom. The number of carbonyl (C=O) groups is 3. The number of aliphatic carboxylic acids is 1. The third-order valence-corrected chi connectivity index (χ3v) is 2.50. The van der Waals surface area contributed by atoms with Gasteiger partial charge in [-0.05, 0) is 12.1 Å². The largest absolute Gasteiger partial charge is 0.483 e. The number of amides is 2. The second-order valence-corrected chi connectivity index (χ2v) is 4.12. The molecule has 1 aromatic carbocycles. The Morgan fingerprint density at radius 3 is 2.55 bits per heavy atom. The first kappa shape index (κ1) is 15.5. The summed E-state index contributed by atoms with van der Waals surface area (Å²) in [5.41, 5.74) is 5.23. The van der Waals surface area contributed by atoms with E-state index in [4.69, 9.17) is 15.6 Å². The van der Waals surface area contributed by atoms with Gasteiger partial charge in [-0.2, -0.15) is 0 Å². The fourth-order valence-electron chi connectivity index (χ4n) is 1.49. The molecule has 108 valence electrons. The number of hydrogen-bond donors (Lipinski definition) is 2. The van der Waals surface area contributed by atoms with E-state index in [9.17, 15) is 14.4 Å². The number of nitrogens with two attached hydrogens (primary N) is 1. The van der Waals surface area contributed by atoms with E-state index in [1.165, 1.54) is 18.0 Å². The van der Waals surface area contributed by atoms with Crippen molar-refractivity contribution in [2.24, 2.45) is 5.73 Å². The molecule has 0 fully saturated rings. The summed E-state index contributed by atoms with van der Waals surface area (Å²) >= 11 is 0. The van der Waals surface area contributed by atoms with E-state index < -0.39 is 11.9 Å². The second-order valence-electron chi connectivity index (χ2n) is 4.12. The molecule has 0 aliphatic heterocycles. The van der Waals surface area contributed by atoms with Crippen LogP contribution in [0.15, 0.2) is 24.3 Å². The minimum Gasteiger partial charge on any atom is -0.483 e. The monoisotopic (exact) mass is 280 g/mol. The molecule has 0 radical (unpaired) electrons. The number of rotatable bonds is 7. The lowest BCUT2D eigenvalue weighted by atomic mass is 10.1. The van der Waals surface area contributed by atoms with E-state index in [0.717, 1.165) is 0 Å². The minimum absolute atomic E-state index is 0.0817. The molecule has 1 aromatic rings. The number of hydrogen-bond acceptors (Lipinski definition) is 4. The summed E-state index contributed by atoms with van der Waals surface area (Å²) in [5.74, 6) is -1.78. The van der Waals surface area contributed by atoms with E-state index in [1.807, 2.05) is 0 Å². The van der Waals surface area contributed by atoms with Crippen LogP contribution in [0.5, 0.6) is 5.75 Å². The molecule has 0 spiro atoms. The van der Waals surface area contributed by atoms with Gasteiger partial charge in [-0.1, -0.05) is 12.1 Å². The maximum Gasteiger partial charge on any atom is 0.305 e. The molecule has 20 heavy (non-hydrogen) atoms. The van der Waals surface area contributed by atoms with Gasteiger partial charge < -0.3 is 20.5 Å². The summed E-state index contributed by atoms with van der Waals surface area (Å²) in [6.07, 6.45) is -0.146. The van der Waals surface area contributed by atoms with E-state index >= 15 is 0 Å². The quantitative estimate of drug-likeness (QED) is 0.736. The zero-order valence-electron chi connectivity index (χ0n) is 11.0. The standard InChI is InChI=1S/C13H16N2O5/c1-15(7-6-12(17)18)13(19)9-4-2-3-5-10(9)20-8-11(14)16/h2-5H,6-8H2,1H3,(H2,14,16)(H,17,18). The number of para-hydroxylation sites is 1. The summed E-state index contributed by atoms with van der Waals surface area (Å²) in [5, 5.41) is 8.60. The van der Waals surface area contributed by atoms with Crippen LogP contribution in [0.25, 0.3) is 0 Å². The molecule has 1 rings (SSSR count). The van der Waals surface area contributed by atoms with Crippen LogP contribution in [0, 0.1) is 0 Å². The van der Waals surface area contributed by atoms with Crippen LogP contribution >= 0.6 is 0 Å². The van der Waals surface area contributed by atoms with E-state index in [-0.39, 0.29) is 36.8 Å². The van der Waals surface area contributed by atoms with Gasteiger partial charge in [0, 0.05) is 13.6 Å². The van der Waals surface area contributed by atoms with Crippen LogP contribution in [0.3, 0.4) is 0 Å². The highest BCUT2D eigenvalue weighted by atomic mass is 16.5. The van der Waals surface area contributed by atoms with Crippen molar-refractivity contribution in [1.82, 2.24) is 4.90 Å². The summed E-state index contributed by atoms with van der Waals surface area (Å²) in [4.78, 5) is 34.6. The summed E-state index contributed by atoms with van der Waals surface area (Å²) in [6.45, 7) is -0.249. The highest BCUT2D eigenvalue weighted by molar-refractivity contribution is 5.97. The van der Waals surface area contributed by atoms with Gasteiger partial charge in [-0.15, -0.1) is 0 Å². The van der Waals surface area contributed by atoms with Crippen LogP contribution in [-0.4, -0.2) is 48.0 Å². The maximum absolute atomic E-state index is 12.2.